The lowest BCUT2D eigenvalue weighted by Gasteiger charge is -2.31. The van der Waals surface area contributed by atoms with Crippen LogP contribution in [0.25, 0.3) is 28.5 Å². The SMILES string of the molecule is C=C(C/C(=C/C)Nc1ccc(-c2ccccc2)[nH]1)c1cccc2c1=CC1CC=2C1. The van der Waals surface area contributed by atoms with Gasteiger partial charge in [-0.1, -0.05) is 72.8 Å². The Bertz CT molecular complexity index is 1220. The monoisotopic (exact) mass is 378 g/mol. The highest BCUT2D eigenvalue weighted by Gasteiger charge is 2.25. The average Bonchev–Trinajstić information content (AvgIpc) is 3.21. The molecule has 3 aliphatic carbocycles. The molecule has 2 heteroatoms. The number of hydrogen-bond acceptors (Lipinski definition) is 1. The molecule has 1 aromatic heterocycles. The number of allylic oxidation sites excluding steroid dienone is 2. The molecule has 1 heterocycles. The third-order valence-electron chi connectivity index (χ3n) is 6.11. The van der Waals surface area contributed by atoms with Crippen molar-refractivity contribution in [2.24, 2.45) is 5.92 Å². The molecule has 6 rings (SSSR count). The van der Waals surface area contributed by atoms with Gasteiger partial charge in [0.25, 0.3) is 0 Å². The number of aromatic nitrogens is 1. The molecule has 3 aliphatic rings. The van der Waals surface area contributed by atoms with Gasteiger partial charge in [0.05, 0.1) is 0 Å². The van der Waals surface area contributed by atoms with Crippen LogP contribution in [0.4, 0.5) is 5.82 Å². The van der Waals surface area contributed by atoms with Crippen LogP contribution in [0.15, 0.2) is 79.0 Å². The zero-order valence-electron chi connectivity index (χ0n) is 16.8. The van der Waals surface area contributed by atoms with Gasteiger partial charge in [-0.2, -0.15) is 0 Å². The number of anilines is 1. The molecule has 0 atom stereocenters. The van der Waals surface area contributed by atoms with E-state index in [0.717, 1.165) is 35.1 Å². The summed E-state index contributed by atoms with van der Waals surface area (Å²) >= 11 is 0. The highest BCUT2D eigenvalue weighted by molar-refractivity contribution is 5.72. The quantitative estimate of drug-likeness (QED) is 0.586. The Hall–Kier alpha value is -3.26. The fraction of sp³-hybridized carbons (Fsp3) is 0.185. The highest BCUT2D eigenvalue weighted by Crippen LogP contribution is 2.36. The van der Waals surface area contributed by atoms with E-state index in [1.54, 1.807) is 5.57 Å². The predicted octanol–water partition coefficient (Wildman–Crippen LogP) is 5.46. The van der Waals surface area contributed by atoms with Crippen molar-refractivity contribution >= 4 is 23.0 Å². The lowest BCUT2D eigenvalue weighted by molar-refractivity contribution is 0.604. The fourth-order valence-electron chi connectivity index (χ4n) is 4.48. The van der Waals surface area contributed by atoms with Crippen molar-refractivity contribution in [3.63, 3.8) is 0 Å². The topological polar surface area (TPSA) is 27.8 Å². The van der Waals surface area contributed by atoms with E-state index in [4.69, 9.17) is 0 Å². The second-order valence-corrected chi connectivity index (χ2v) is 8.08. The van der Waals surface area contributed by atoms with Gasteiger partial charge in [-0.25, -0.2) is 0 Å². The summed E-state index contributed by atoms with van der Waals surface area (Å²) in [4.78, 5) is 3.48. The van der Waals surface area contributed by atoms with Crippen LogP contribution < -0.4 is 15.8 Å². The average molecular weight is 379 g/mol. The van der Waals surface area contributed by atoms with E-state index < -0.39 is 0 Å². The van der Waals surface area contributed by atoms with Crippen molar-refractivity contribution in [3.8, 4) is 11.3 Å². The smallest absolute Gasteiger partial charge is 0.107 e. The Balaban J connectivity index is 1.35. The van der Waals surface area contributed by atoms with E-state index in [1.807, 2.05) is 6.07 Å². The van der Waals surface area contributed by atoms with Crippen LogP contribution >= 0.6 is 0 Å². The van der Waals surface area contributed by atoms with E-state index in [-0.39, 0.29) is 0 Å². The summed E-state index contributed by atoms with van der Waals surface area (Å²) < 4.78 is 0. The molecule has 1 fully saturated rings. The molecule has 0 aliphatic heterocycles. The third kappa shape index (κ3) is 3.36. The van der Waals surface area contributed by atoms with Crippen molar-refractivity contribution in [1.82, 2.24) is 4.98 Å². The van der Waals surface area contributed by atoms with Crippen LogP contribution in [0.5, 0.6) is 0 Å². The normalized spacial score (nSPS) is 15.3. The van der Waals surface area contributed by atoms with E-state index in [1.165, 1.54) is 34.4 Å². The molecule has 3 aromatic rings. The molecule has 0 saturated heterocycles. The summed E-state index contributed by atoms with van der Waals surface area (Å²) in [6, 6.07) is 21.3. The van der Waals surface area contributed by atoms with Crippen molar-refractivity contribution in [2.45, 2.75) is 26.2 Å². The standard InChI is InChI=1S/C27H26N2/c1-3-22(28-27-13-12-26(29-27)20-8-5-4-6-9-20)14-18(2)23-10-7-11-24-21-15-19(16-21)17-25(23)24/h3-13,17,19,28-29H,2,14-16H2,1H3/b22-3-. The Morgan fingerprint density at radius 1 is 1.07 bits per heavy atom. The zero-order chi connectivity index (χ0) is 19.8. The Labute approximate surface area is 172 Å². The Morgan fingerprint density at radius 2 is 1.90 bits per heavy atom. The molecular weight excluding hydrogens is 352 g/mol. The van der Waals surface area contributed by atoms with E-state index in [0.29, 0.717) is 0 Å². The minimum absolute atomic E-state index is 0.737. The van der Waals surface area contributed by atoms with Crippen molar-refractivity contribution in [1.29, 1.82) is 0 Å². The van der Waals surface area contributed by atoms with Gasteiger partial charge in [0.2, 0.25) is 0 Å². The molecule has 0 amide bonds. The molecule has 0 radical (unpaired) electrons. The number of H-pyrrole nitrogens is 1. The van der Waals surface area contributed by atoms with Gasteiger partial charge in [0.1, 0.15) is 5.82 Å². The summed E-state index contributed by atoms with van der Waals surface area (Å²) in [5.74, 6) is 1.74. The van der Waals surface area contributed by atoms with Gasteiger partial charge in [-0.3, -0.25) is 0 Å². The Kier molecular flexibility index (Phi) is 4.48. The molecule has 144 valence electrons. The molecular formula is C27H26N2. The van der Waals surface area contributed by atoms with Crippen LogP contribution in [-0.2, 0) is 0 Å². The number of nitrogens with one attached hydrogen (secondary N) is 2. The van der Waals surface area contributed by atoms with Crippen LogP contribution in [0.3, 0.4) is 0 Å². The molecule has 2 nitrogen and oxygen atoms in total. The molecule has 0 unspecified atom stereocenters. The summed E-state index contributed by atoms with van der Waals surface area (Å²) in [7, 11) is 0. The van der Waals surface area contributed by atoms with Crippen LogP contribution in [-0.4, -0.2) is 4.98 Å². The summed E-state index contributed by atoms with van der Waals surface area (Å²) in [5, 5.41) is 6.39. The maximum atomic E-state index is 4.43. The van der Waals surface area contributed by atoms with Gasteiger partial charge in [0.15, 0.2) is 0 Å². The predicted molar refractivity (Wildman–Crippen MR) is 124 cm³/mol. The Morgan fingerprint density at radius 3 is 2.69 bits per heavy atom. The second-order valence-electron chi connectivity index (χ2n) is 8.08. The lowest BCUT2D eigenvalue weighted by atomic mass is 9.74. The first-order valence-corrected chi connectivity index (χ1v) is 10.4. The van der Waals surface area contributed by atoms with Crippen molar-refractivity contribution < 1.29 is 0 Å². The first kappa shape index (κ1) is 17.8. The largest absolute Gasteiger partial charge is 0.345 e. The zero-order valence-corrected chi connectivity index (χ0v) is 16.8. The van der Waals surface area contributed by atoms with Crippen LogP contribution in [0, 0.1) is 5.92 Å². The molecule has 29 heavy (non-hydrogen) atoms. The number of hydrogen-bond donors (Lipinski definition) is 2. The van der Waals surface area contributed by atoms with Crippen LogP contribution in [0.2, 0.25) is 0 Å². The third-order valence-corrected chi connectivity index (χ3v) is 6.11. The van der Waals surface area contributed by atoms with E-state index in [9.17, 15) is 0 Å². The first-order valence-electron chi connectivity index (χ1n) is 10.4. The molecule has 2 N–H and O–H groups in total. The maximum absolute atomic E-state index is 4.43. The van der Waals surface area contributed by atoms with Gasteiger partial charge in [0, 0.05) is 17.8 Å². The molecule has 2 bridgehead atoms. The van der Waals surface area contributed by atoms with Crippen molar-refractivity contribution in [2.75, 3.05) is 5.32 Å². The van der Waals surface area contributed by atoms with Gasteiger partial charge < -0.3 is 10.3 Å². The second kappa shape index (κ2) is 7.29. The fourth-order valence-corrected chi connectivity index (χ4v) is 4.48. The van der Waals surface area contributed by atoms with Crippen molar-refractivity contribution in [3.05, 3.63) is 95.0 Å². The minimum atomic E-state index is 0.737. The highest BCUT2D eigenvalue weighted by atomic mass is 15.0. The summed E-state index contributed by atoms with van der Waals surface area (Å²) in [5.41, 5.74) is 7.53. The van der Waals surface area contributed by atoms with E-state index in [2.05, 4.69) is 90.6 Å². The molecule has 1 saturated carbocycles. The number of rotatable bonds is 6. The lowest BCUT2D eigenvalue weighted by Crippen LogP contribution is -2.39. The summed E-state index contributed by atoms with van der Waals surface area (Å²) in [6.45, 7) is 6.51. The number of aromatic amines is 1. The maximum Gasteiger partial charge on any atom is 0.107 e. The first-order chi connectivity index (χ1) is 14.2. The molecule has 2 aromatic carbocycles. The van der Waals surface area contributed by atoms with E-state index >= 15 is 0 Å². The number of benzene rings is 2. The molecule has 0 spiro atoms. The van der Waals surface area contributed by atoms with Gasteiger partial charge >= 0.3 is 0 Å². The minimum Gasteiger partial charge on any atom is -0.345 e. The van der Waals surface area contributed by atoms with Crippen LogP contribution in [0.1, 0.15) is 31.7 Å². The van der Waals surface area contributed by atoms with Gasteiger partial charge in [-0.05, 0) is 65.0 Å². The summed E-state index contributed by atoms with van der Waals surface area (Å²) in [6.07, 6.45) is 7.91. The van der Waals surface area contributed by atoms with Gasteiger partial charge in [-0.15, -0.1) is 0 Å².